The fourth-order valence-electron chi connectivity index (χ4n) is 0.904. The van der Waals surface area contributed by atoms with Gasteiger partial charge in [0.2, 0.25) is 0 Å². The molecule has 3 N–H and O–H groups in total. The lowest BCUT2D eigenvalue weighted by Gasteiger charge is -1.96. The molecule has 0 aliphatic carbocycles. The molecule has 0 radical (unpaired) electrons. The minimum absolute atomic E-state index is 0.404. The van der Waals surface area contributed by atoms with E-state index in [1.807, 2.05) is 0 Å². The van der Waals surface area contributed by atoms with Gasteiger partial charge in [0, 0.05) is 6.42 Å². The Morgan fingerprint density at radius 1 is 1.33 bits per heavy atom. The summed E-state index contributed by atoms with van der Waals surface area (Å²) in [7, 11) is -1.20. The van der Waals surface area contributed by atoms with Crippen LogP contribution in [0.1, 0.15) is 18.7 Å². The lowest BCUT2D eigenvalue weighted by molar-refractivity contribution is 0.402. The van der Waals surface area contributed by atoms with Crippen LogP contribution in [0.25, 0.3) is 0 Å². The van der Waals surface area contributed by atoms with Crippen molar-refractivity contribution in [2.45, 2.75) is 25.6 Å². The summed E-state index contributed by atoms with van der Waals surface area (Å²) < 4.78 is 0. The van der Waals surface area contributed by atoms with Gasteiger partial charge in [-0.3, -0.25) is 0 Å². The Bertz CT molecular complexity index is 203. The summed E-state index contributed by atoms with van der Waals surface area (Å²) in [4.78, 5) is 0. The van der Waals surface area contributed by atoms with Crippen LogP contribution in [-0.4, -0.2) is 37.8 Å². The highest BCUT2D eigenvalue weighted by Gasteiger charge is 2.05. The first-order valence-electron chi connectivity index (χ1n) is 3.88. The first-order chi connectivity index (χ1) is 5.79. The second kappa shape index (κ2) is 4.84. The molecule has 0 unspecified atom stereocenters. The van der Waals surface area contributed by atoms with Gasteiger partial charge in [-0.25, -0.2) is 5.10 Å². The summed E-state index contributed by atoms with van der Waals surface area (Å²) in [6, 6.07) is 0. The Kier molecular flexibility index (Phi) is 3.69. The van der Waals surface area contributed by atoms with Crippen molar-refractivity contribution in [2.75, 3.05) is 0 Å². The number of hydrogen-bond donors (Lipinski definition) is 3. The van der Waals surface area contributed by atoms with Gasteiger partial charge in [-0.15, -0.1) is 5.10 Å². The molecule has 0 saturated carbocycles. The van der Waals surface area contributed by atoms with Gasteiger partial charge in [-0.05, 0) is 23.2 Å². The van der Waals surface area contributed by atoms with E-state index in [2.05, 4.69) is 20.6 Å². The highest BCUT2D eigenvalue weighted by molar-refractivity contribution is 6.40. The summed E-state index contributed by atoms with van der Waals surface area (Å²) in [5, 5.41) is 30.2. The third-order valence-corrected chi connectivity index (χ3v) is 1.52. The number of aromatic amines is 1. The van der Waals surface area contributed by atoms with E-state index in [0.717, 1.165) is 25.1 Å². The number of H-pyrrole nitrogens is 1. The van der Waals surface area contributed by atoms with Gasteiger partial charge in [-0.1, -0.05) is 6.42 Å². The Morgan fingerprint density at radius 3 is 2.75 bits per heavy atom. The fraction of sp³-hybridized carbons (Fsp3) is 0.800. The highest BCUT2D eigenvalue weighted by Crippen LogP contribution is 2.01. The van der Waals surface area contributed by atoms with Crippen molar-refractivity contribution in [1.82, 2.24) is 20.6 Å². The third-order valence-electron chi connectivity index (χ3n) is 1.52. The van der Waals surface area contributed by atoms with Crippen molar-refractivity contribution >= 4 is 7.12 Å². The monoisotopic (exact) mass is 170 g/mol. The van der Waals surface area contributed by atoms with E-state index in [1.165, 1.54) is 0 Å². The number of aromatic nitrogens is 4. The molecule has 0 aromatic carbocycles. The Hall–Kier alpha value is -0.945. The standard InChI is InChI=1S/C5H11BN4O2/c11-6(12)4-2-1-3-5-7-9-10-8-5/h11-12H,1-4H2,(H,7,8,9,10). The molecular formula is C5H11BN4O2. The predicted molar refractivity (Wildman–Crippen MR) is 42.1 cm³/mol. The molecule has 1 aromatic rings. The normalized spacial score (nSPS) is 10.2. The number of unbranched alkanes of at least 4 members (excludes halogenated alkanes) is 1. The maximum Gasteiger partial charge on any atom is 0.451 e. The van der Waals surface area contributed by atoms with E-state index in [1.54, 1.807) is 0 Å². The van der Waals surface area contributed by atoms with E-state index in [0.29, 0.717) is 6.32 Å². The maximum absolute atomic E-state index is 8.52. The van der Waals surface area contributed by atoms with Gasteiger partial charge in [0.05, 0.1) is 0 Å². The Morgan fingerprint density at radius 2 is 2.17 bits per heavy atom. The summed E-state index contributed by atoms with van der Waals surface area (Å²) >= 11 is 0. The summed E-state index contributed by atoms with van der Waals surface area (Å²) in [6.07, 6.45) is 2.77. The molecular weight excluding hydrogens is 159 g/mol. The molecule has 0 saturated heterocycles. The Balaban J connectivity index is 2.04. The SMILES string of the molecule is OB(O)CCCCc1nnn[nH]1. The van der Waals surface area contributed by atoms with Gasteiger partial charge in [-0.2, -0.15) is 0 Å². The van der Waals surface area contributed by atoms with Crippen molar-refractivity contribution in [1.29, 1.82) is 0 Å². The van der Waals surface area contributed by atoms with Crippen LogP contribution in [0.3, 0.4) is 0 Å². The number of nitrogens with zero attached hydrogens (tertiary/aromatic N) is 3. The van der Waals surface area contributed by atoms with Crippen molar-refractivity contribution < 1.29 is 10.0 Å². The molecule has 0 atom stereocenters. The van der Waals surface area contributed by atoms with Gasteiger partial charge in [0.15, 0.2) is 0 Å². The molecule has 7 heteroatoms. The zero-order valence-electron chi connectivity index (χ0n) is 6.64. The second-order valence-electron chi connectivity index (χ2n) is 2.57. The van der Waals surface area contributed by atoms with Gasteiger partial charge < -0.3 is 10.0 Å². The highest BCUT2D eigenvalue weighted by atomic mass is 16.4. The van der Waals surface area contributed by atoms with E-state index in [9.17, 15) is 0 Å². The quantitative estimate of drug-likeness (QED) is 0.389. The average Bonchev–Trinajstić information content (AvgIpc) is 2.49. The number of hydrogen-bond acceptors (Lipinski definition) is 5. The topological polar surface area (TPSA) is 94.9 Å². The number of nitrogens with one attached hydrogen (secondary N) is 1. The van der Waals surface area contributed by atoms with E-state index >= 15 is 0 Å². The minimum atomic E-state index is -1.20. The van der Waals surface area contributed by atoms with Crippen LogP contribution in [0.5, 0.6) is 0 Å². The molecule has 0 fully saturated rings. The van der Waals surface area contributed by atoms with Crippen molar-refractivity contribution in [2.24, 2.45) is 0 Å². The number of rotatable bonds is 5. The van der Waals surface area contributed by atoms with Crippen LogP contribution in [0.2, 0.25) is 6.32 Å². The first-order valence-corrected chi connectivity index (χ1v) is 3.88. The van der Waals surface area contributed by atoms with Crippen LogP contribution in [0, 0.1) is 0 Å². The molecule has 1 aromatic heterocycles. The minimum Gasteiger partial charge on any atom is -0.427 e. The molecule has 0 amide bonds. The van der Waals surface area contributed by atoms with E-state index in [4.69, 9.17) is 10.0 Å². The van der Waals surface area contributed by atoms with Crippen LogP contribution in [-0.2, 0) is 6.42 Å². The molecule has 0 aliphatic rings. The van der Waals surface area contributed by atoms with Crippen LogP contribution in [0.4, 0.5) is 0 Å². The number of aryl methyl sites for hydroxylation is 1. The molecule has 0 bridgehead atoms. The summed E-state index contributed by atoms with van der Waals surface area (Å²) in [6.45, 7) is 0. The molecule has 12 heavy (non-hydrogen) atoms. The second-order valence-corrected chi connectivity index (χ2v) is 2.57. The third kappa shape index (κ3) is 3.45. The lowest BCUT2D eigenvalue weighted by atomic mass is 9.83. The molecule has 1 rings (SSSR count). The molecule has 1 heterocycles. The average molecular weight is 170 g/mol. The van der Waals surface area contributed by atoms with Crippen LogP contribution in [0.15, 0.2) is 0 Å². The van der Waals surface area contributed by atoms with Gasteiger partial charge in [0.25, 0.3) is 0 Å². The molecule has 0 spiro atoms. The fourth-order valence-corrected chi connectivity index (χ4v) is 0.904. The van der Waals surface area contributed by atoms with Crippen molar-refractivity contribution in [3.05, 3.63) is 5.82 Å². The van der Waals surface area contributed by atoms with Gasteiger partial charge >= 0.3 is 7.12 Å². The van der Waals surface area contributed by atoms with Crippen molar-refractivity contribution in [3.63, 3.8) is 0 Å². The zero-order valence-corrected chi connectivity index (χ0v) is 6.64. The summed E-state index contributed by atoms with van der Waals surface area (Å²) in [5.41, 5.74) is 0. The maximum atomic E-state index is 8.52. The van der Waals surface area contributed by atoms with E-state index in [-0.39, 0.29) is 0 Å². The van der Waals surface area contributed by atoms with Crippen molar-refractivity contribution in [3.8, 4) is 0 Å². The molecule has 0 aliphatic heterocycles. The molecule has 66 valence electrons. The number of tetrazole rings is 1. The van der Waals surface area contributed by atoms with Crippen LogP contribution < -0.4 is 0 Å². The smallest absolute Gasteiger partial charge is 0.427 e. The summed E-state index contributed by atoms with van der Waals surface area (Å²) in [5.74, 6) is 0.738. The van der Waals surface area contributed by atoms with Crippen LogP contribution >= 0.6 is 0 Å². The predicted octanol–water partition coefficient (Wildman–Crippen LogP) is -1.00. The first kappa shape index (κ1) is 9.15. The lowest BCUT2D eigenvalue weighted by Crippen LogP contribution is -2.09. The van der Waals surface area contributed by atoms with E-state index < -0.39 is 7.12 Å². The molecule has 6 nitrogen and oxygen atoms in total. The largest absolute Gasteiger partial charge is 0.451 e. The zero-order chi connectivity index (χ0) is 8.81. The Labute approximate surface area is 70.1 Å². The van der Waals surface area contributed by atoms with Gasteiger partial charge in [0.1, 0.15) is 5.82 Å².